The second kappa shape index (κ2) is 3.23. The summed E-state index contributed by atoms with van der Waals surface area (Å²) in [6.07, 6.45) is 9.88. The van der Waals surface area contributed by atoms with Gasteiger partial charge in [-0.2, -0.15) is 0 Å². The van der Waals surface area contributed by atoms with Crippen molar-refractivity contribution in [1.29, 1.82) is 0 Å². The molecule has 0 bridgehead atoms. The van der Waals surface area contributed by atoms with Crippen LogP contribution in [0.4, 0.5) is 0 Å². The minimum absolute atomic E-state index is 0.812. The molecule has 0 N–H and O–H groups in total. The molecule has 0 saturated carbocycles. The van der Waals surface area contributed by atoms with Gasteiger partial charge in [0.15, 0.2) is 0 Å². The monoisotopic (exact) mass is 248 g/mol. The third-order valence-electron chi connectivity index (χ3n) is 3.39. The Morgan fingerprint density at radius 3 is 3.14 bits per heavy atom. The van der Waals surface area contributed by atoms with Crippen molar-refractivity contribution in [3.63, 3.8) is 0 Å². The summed E-state index contributed by atoms with van der Waals surface area (Å²) in [5.74, 6) is 0.812. The van der Waals surface area contributed by atoms with Gasteiger partial charge in [-0.05, 0) is 60.4 Å². The van der Waals surface area contributed by atoms with Crippen LogP contribution in [0, 0.1) is 0 Å². The van der Waals surface area contributed by atoms with Crippen molar-refractivity contribution >= 4 is 22.0 Å². The zero-order valence-corrected chi connectivity index (χ0v) is 9.68. The van der Waals surface area contributed by atoms with Gasteiger partial charge in [0.05, 0.1) is 0 Å². The van der Waals surface area contributed by atoms with Gasteiger partial charge in [0.25, 0.3) is 0 Å². The van der Waals surface area contributed by atoms with E-state index in [1.54, 1.807) is 11.1 Å². The Labute approximate surface area is 93.2 Å². The highest BCUT2D eigenvalue weighted by Gasteiger charge is 2.24. The second-order valence-electron chi connectivity index (χ2n) is 4.30. The van der Waals surface area contributed by atoms with Gasteiger partial charge in [0, 0.05) is 4.47 Å². The predicted molar refractivity (Wildman–Crippen MR) is 63.5 cm³/mol. The molecule has 0 aromatic heterocycles. The van der Waals surface area contributed by atoms with E-state index in [4.69, 9.17) is 0 Å². The lowest BCUT2D eigenvalue weighted by atomic mass is 9.76. The average Bonchev–Trinajstić information content (AvgIpc) is 2.18. The molecule has 0 heterocycles. The molecule has 1 unspecified atom stereocenters. The summed E-state index contributed by atoms with van der Waals surface area (Å²) in [5.41, 5.74) is 4.67. The summed E-state index contributed by atoms with van der Waals surface area (Å²) in [6, 6.07) is 4.57. The van der Waals surface area contributed by atoms with E-state index >= 15 is 0 Å². The summed E-state index contributed by atoms with van der Waals surface area (Å²) in [6.45, 7) is 0. The summed E-state index contributed by atoms with van der Waals surface area (Å²) in [5, 5.41) is 0. The van der Waals surface area contributed by atoms with Crippen molar-refractivity contribution in [2.45, 2.75) is 31.6 Å². The molecule has 1 aromatic rings. The van der Waals surface area contributed by atoms with Crippen LogP contribution in [0.5, 0.6) is 0 Å². The Balaban J connectivity index is 2.25. The number of benzene rings is 1. The number of halogens is 1. The first-order valence-corrected chi connectivity index (χ1v) is 6.13. The van der Waals surface area contributed by atoms with Crippen LogP contribution in [0.15, 0.2) is 22.7 Å². The molecule has 2 aliphatic rings. The number of allylic oxidation sites excluding steroid dienone is 1. The number of hydrogen-bond acceptors (Lipinski definition) is 0. The number of aryl methyl sites for hydroxylation is 1. The standard InChI is InChI=1S/C13H13Br/c14-12-7-10-5-1-3-9-4-2-6-11(8-12)13(9)10/h1,5,7-9H,2-4,6H2. The minimum atomic E-state index is 0.812. The Kier molecular flexibility index (Phi) is 2.01. The molecule has 1 heteroatoms. The maximum Gasteiger partial charge on any atom is 0.0184 e. The van der Waals surface area contributed by atoms with Gasteiger partial charge in [-0.15, -0.1) is 0 Å². The highest BCUT2D eigenvalue weighted by molar-refractivity contribution is 9.10. The molecule has 14 heavy (non-hydrogen) atoms. The fourth-order valence-corrected chi connectivity index (χ4v) is 3.34. The first-order valence-electron chi connectivity index (χ1n) is 5.33. The molecule has 3 rings (SSSR count). The van der Waals surface area contributed by atoms with E-state index in [1.807, 2.05) is 0 Å². The molecule has 1 atom stereocenters. The van der Waals surface area contributed by atoms with Crippen LogP contribution >= 0.6 is 15.9 Å². The largest absolute Gasteiger partial charge is 0.0833 e. The zero-order valence-electron chi connectivity index (χ0n) is 8.09. The summed E-state index contributed by atoms with van der Waals surface area (Å²) in [4.78, 5) is 0. The van der Waals surface area contributed by atoms with Crippen LogP contribution in [0.3, 0.4) is 0 Å². The van der Waals surface area contributed by atoms with Gasteiger partial charge in [0.1, 0.15) is 0 Å². The molecule has 0 nitrogen and oxygen atoms in total. The fourth-order valence-electron chi connectivity index (χ4n) is 2.82. The smallest absolute Gasteiger partial charge is 0.0184 e. The number of rotatable bonds is 0. The van der Waals surface area contributed by atoms with Crippen LogP contribution in [0.25, 0.3) is 6.08 Å². The summed E-state index contributed by atoms with van der Waals surface area (Å²) >= 11 is 3.59. The van der Waals surface area contributed by atoms with E-state index in [0.29, 0.717) is 0 Å². The predicted octanol–water partition coefficient (Wildman–Crippen LogP) is 4.29. The highest BCUT2D eigenvalue weighted by atomic mass is 79.9. The van der Waals surface area contributed by atoms with E-state index in [1.165, 1.54) is 35.7 Å². The molecule has 2 aliphatic carbocycles. The lowest BCUT2D eigenvalue weighted by Crippen LogP contribution is -2.13. The van der Waals surface area contributed by atoms with Crippen LogP contribution in [0.1, 0.15) is 41.9 Å². The van der Waals surface area contributed by atoms with Crippen molar-refractivity contribution in [3.8, 4) is 0 Å². The van der Waals surface area contributed by atoms with Crippen molar-refractivity contribution in [2.75, 3.05) is 0 Å². The summed E-state index contributed by atoms with van der Waals surface area (Å²) < 4.78 is 1.23. The molecule has 0 spiro atoms. The molecule has 1 aromatic carbocycles. The maximum atomic E-state index is 3.59. The lowest BCUT2D eigenvalue weighted by molar-refractivity contribution is 0.553. The topological polar surface area (TPSA) is 0 Å². The maximum absolute atomic E-state index is 3.59. The van der Waals surface area contributed by atoms with Gasteiger partial charge >= 0.3 is 0 Å². The van der Waals surface area contributed by atoms with Crippen LogP contribution in [-0.4, -0.2) is 0 Å². The first kappa shape index (κ1) is 8.72. The average molecular weight is 249 g/mol. The Morgan fingerprint density at radius 2 is 2.21 bits per heavy atom. The van der Waals surface area contributed by atoms with Gasteiger partial charge in [0.2, 0.25) is 0 Å². The quantitative estimate of drug-likeness (QED) is 0.643. The SMILES string of the molecule is Brc1cc2c3c(c1)CCCC3CC=C2. The van der Waals surface area contributed by atoms with E-state index in [0.717, 1.165) is 5.92 Å². The summed E-state index contributed by atoms with van der Waals surface area (Å²) in [7, 11) is 0. The third-order valence-corrected chi connectivity index (χ3v) is 3.85. The molecule has 0 aliphatic heterocycles. The molecular weight excluding hydrogens is 236 g/mol. The first-order chi connectivity index (χ1) is 6.84. The van der Waals surface area contributed by atoms with Crippen molar-refractivity contribution in [3.05, 3.63) is 39.4 Å². The molecule has 72 valence electrons. The van der Waals surface area contributed by atoms with Gasteiger partial charge in [-0.25, -0.2) is 0 Å². The van der Waals surface area contributed by atoms with Gasteiger partial charge in [-0.1, -0.05) is 28.1 Å². The Bertz CT molecular complexity index is 404. The highest BCUT2D eigenvalue weighted by Crippen LogP contribution is 2.41. The molecular formula is C13H13Br. The van der Waals surface area contributed by atoms with Gasteiger partial charge in [-0.3, -0.25) is 0 Å². The molecule has 0 fully saturated rings. The number of hydrogen-bond donors (Lipinski definition) is 0. The van der Waals surface area contributed by atoms with Crippen LogP contribution < -0.4 is 0 Å². The van der Waals surface area contributed by atoms with E-state index in [-0.39, 0.29) is 0 Å². The lowest BCUT2D eigenvalue weighted by Gasteiger charge is -2.29. The van der Waals surface area contributed by atoms with E-state index in [2.05, 4.69) is 40.2 Å². The normalized spacial score (nSPS) is 23.4. The van der Waals surface area contributed by atoms with Crippen LogP contribution in [-0.2, 0) is 6.42 Å². The third kappa shape index (κ3) is 1.26. The van der Waals surface area contributed by atoms with Crippen molar-refractivity contribution in [2.24, 2.45) is 0 Å². The fraction of sp³-hybridized carbons (Fsp3) is 0.385. The molecule has 0 radical (unpaired) electrons. The van der Waals surface area contributed by atoms with Crippen molar-refractivity contribution in [1.82, 2.24) is 0 Å². The molecule has 0 amide bonds. The van der Waals surface area contributed by atoms with E-state index < -0.39 is 0 Å². The molecule has 0 saturated heterocycles. The minimum Gasteiger partial charge on any atom is -0.0833 e. The van der Waals surface area contributed by atoms with Crippen molar-refractivity contribution < 1.29 is 0 Å². The van der Waals surface area contributed by atoms with Gasteiger partial charge < -0.3 is 0 Å². The second-order valence-corrected chi connectivity index (χ2v) is 5.21. The van der Waals surface area contributed by atoms with Crippen LogP contribution in [0.2, 0.25) is 0 Å². The zero-order chi connectivity index (χ0) is 9.54. The Hall–Kier alpha value is -0.560. The Morgan fingerprint density at radius 1 is 1.29 bits per heavy atom. The van der Waals surface area contributed by atoms with E-state index in [9.17, 15) is 0 Å².